The van der Waals surface area contributed by atoms with Crippen molar-refractivity contribution in [2.45, 2.75) is 19.1 Å². The van der Waals surface area contributed by atoms with Crippen molar-refractivity contribution in [2.75, 3.05) is 6.61 Å². The van der Waals surface area contributed by atoms with Crippen LogP contribution in [0.5, 0.6) is 11.5 Å². The van der Waals surface area contributed by atoms with Gasteiger partial charge in [-0.05, 0) is 23.8 Å². The number of hydrogen-bond acceptors (Lipinski definition) is 3. The summed E-state index contributed by atoms with van der Waals surface area (Å²) in [6, 6.07) is 16.0. The van der Waals surface area contributed by atoms with E-state index in [1.807, 2.05) is 48.5 Å². The molecule has 2 aromatic rings. The fourth-order valence-electron chi connectivity index (χ4n) is 2.23. The number of benzene rings is 2. The zero-order chi connectivity index (χ0) is 13.1. The van der Waals surface area contributed by atoms with Gasteiger partial charge in [-0.2, -0.15) is 0 Å². The molecule has 0 aliphatic carbocycles. The zero-order valence-electron chi connectivity index (χ0n) is 10.7. The van der Waals surface area contributed by atoms with Crippen molar-refractivity contribution in [1.82, 2.24) is 0 Å². The molecule has 1 atom stereocenters. The van der Waals surface area contributed by atoms with Crippen molar-refractivity contribution >= 4 is 0 Å². The molecule has 1 heterocycles. The molecule has 0 spiro atoms. The molecule has 98 valence electrons. The summed E-state index contributed by atoms with van der Waals surface area (Å²) in [7, 11) is 0. The third-order valence-corrected chi connectivity index (χ3v) is 3.32. The highest BCUT2D eigenvalue weighted by Gasteiger charge is 2.18. The van der Waals surface area contributed by atoms with Crippen LogP contribution in [-0.2, 0) is 6.61 Å². The molecule has 19 heavy (non-hydrogen) atoms. The highest BCUT2D eigenvalue weighted by molar-refractivity contribution is 5.43. The first-order chi connectivity index (χ1) is 9.33. The Morgan fingerprint density at radius 1 is 1.16 bits per heavy atom. The zero-order valence-corrected chi connectivity index (χ0v) is 10.7. The molecule has 0 bridgehead atoms. The van der Waals surface area contributed by atoms with Crippen molar-refractivity contribution < 1.29 is 9.47 Å². The van der Waals surface area contributed by atoms with Gasteiger partial charge in [-0.1, -0.05) is 30.3 Å². The monoisotopic (exact) mass is 255 g/mol. The molecule has 0 aromatic heterocycles. The Morgan fingerprint density at radius 3 is 2.84 bits per heavy atom. The predicted molar refractivity (Wildman–Crippen MR) is 74.3 cm³/mol. The summed E-state index contributed by atoms with van der Waals surface area (Å²) in [4.78, 5) is 0. The molecule has 1 aliphatic heterocycles. The predicted octanol–water partition coefficient (Wildman–Crippen LogP) is 3.05. The summed E-state index contributed by atoms with van der Waals surface area (Å²) in [6.45, 7) is 1.26. The van der Waals surface area contributed by atoms with Gasteiger partial charge in [-0.25, -0.2) is 0 Å². The van der Waals surface area contributed by atoms with E-state index in [9.17, 15) is 0 Å². The van der Waals surface area contributed by atoms with Gasteiger partial charge in [0.25, 0.3) is 0 Å². The highest BCUT2D eigenvalue weighted by Crippen LogP contribution is 2.33. The van der Waals surface area contributed by atoms with Gasteiger partial charge in [0, 0.05) is 18.0 Å². The minimum absolute atomic E-state index is 0.0454. The number of ether oxygens (including phenoxy) is 2. The lowest BCUT2D eigenvalue weighted by Crippen LogP contribution is -2.20. The van der Waals surface area contributed by atoms with Gasteiger partial charge < -0.3 is 15.2 Å². The molecule has 0 amide bonds. The summed E-state index contributed by atoms with van der Waals surface area (Å²) in [5.74, 6) is 1.72. The number of nitrogens with two attached hydrogens (primary N) is 1. The second-order valence-corrected chi connectivity index (χ2v) is 4.72. The number of fused-ring (bicyclic) bond motifs is 1. The van der Waals surface area contributed by atoms with Crippen LogP contribution in [-0.4, -0.2) is 6.61 Å². The van der Waals surface area contributed by atoms with E-state index in [1.165, 1.54) is 0 Å². The van der Waals surface area contributed by atoms with Crippen LogP contribution in [0.1, 0.15) is 23.6 Å². The molecular formula is C16H17NO2. The smallest absolute Gasteiger partial charge is 0.124 e. The molecule has 3 rings (SSSR count). The minimum Gasteiger partial charge on any atom is -0.493 e. The Hall–Kier alpha value is -2.00. The molecule has 0 radical (unpaired) electrons. The molecule has 2 aromatic carbocycles. The maximum absolute atomic E-state index is 6.09. The van der Waals surface area contributed by atoms with E-state index in [2.05, 4.69) is 0 Å². The lowest BCUT2D eigenvalue weighted by molar-refractivity contribution is 0.265. The van der Waals surface area contributed by atoms with Crippen molar-refractivity contribution in [1.29, 1.82) is 0 Å². The van der Waals surface area contributed by atoms with Gasteiger partial charge in [0.1, 0.15) is 18.1 Å². The van der Waals surface area contributed by atoms with E-state index in [-0.39, 0.29) is 6.04 Å². The van der Waals surface area contributed by atoms with Crippen LogP contribution in [0.15, 0.2) is 48.5 Å². The Balaban J connectivity index is 1.74. The molecular weight excluding hydrogens is 238 g/mol. The van der Waals surface area contributed by atoms with E-state index in [4.69, 9.17) is 15.2 Å². The van der Waals surface area contributed by atoms with E-state index in [1.54, 1.807) is 0 Å². The van der Waals surface area contributed by atoms with Crippen molar-refractivity contribution in [2.24, 2.45) is 5.73 Å². The van der Waals surface area contributed by atoms with Gasteiger partial charge in [0.05, 0.1) is 6.61 Å². The Morgan fingerprint density at radius 2 is 2.00 bits per heavy atom. The molecule has 0 saturated heterocycles. The van der Waals surface area contributed by atoms with Crippen LogP contribution >= 0.6 is 0 Å². The van der Waals surface area contributed by atoms with E-state index in [0.29, 0.717) is 13.2 Å². The molecule has 1 aliphatic rings. The largest absolute Gasteiger partial charge is 0.493 e. The number of rotatable bonds is 3. The highest BCUT2D eigenvalue weighted by atomic mass is 16.5. The standard InChI is InChI=1S/C16H17NO2/c17-15-8-9-18-16-7-6-13(10-14(15)16)19-11-12-4-2-1-3-5-12/h1-7,10,15H,8-9,11,17H2/t15-/m0/s1. The van der Waals surface area contributed by atoms with Crippen LogP contribution < -0.4 is 15.2 Å². The second kappa shape index (κ2) is 5.33. The normalized spacial score (nSPS) is 17.4. The summed E-state index contributed by atoms with van der Waals surface area (Å²) in [6.07, 6.45) is 0.856. The molecule has 3 heteroatoms. The quantitative estimate of drug-likeness (QED) is 0.916. The Kier molecular flexibility index (Phi) is 3.38. The van der Waals surface area contributed by atoms with E-state index in [0.717, 1.165) is 29.0 Å². The lowest BCUT2D eigenvalue weighted by Gasteiger charge is -2.23. The molecule has 2 N–H and O–H groups in total. The van der Waals surface area contributed by atoms with Gasteiger partial charge in [0.15, 0.2) is 0 Å². The first-order valence-corrected chi connectivity index (χ1v) is 6.52. The van der Waals surface area contributed by atoms with Gasteiger partial charge in [-0.3, -0.25) is 0 Å². The van der Waals surface area contributed by atoms with Crippen LogP contribution in [0.2, 0.25) is 0 Å². The molecule has 3 nitrogen and oxygen atoms in total. The average Bonchev–Trinajstić information content (AvgIpc) is 2.47. The van der Waals surface area contributed by atoms with Crippen molar-refractivity contribution in [3.8, 4) is 11.5 Å². The Bertz CT molecular complexity index is 554. The van der Waals surface area contributed by atoms with Crippen LogP contribution in [0.3, 0.4) is 0 Å². The van der Waals surface area contributed by atoms with E-state index >= 15 is 0 Å². The Labute approximate surface area is 113 Å². The van der Waals surface area contributed by atoms with Crippen LogP contribution in [0.25, 0.3) is 0 Å². The SMILES string of the molecule is N[C@H]1CCOc2ccc(OCc3ccccc3)cc21. The lowest BCUT2D eigenvalue weighted by atomic mass is 10.0. The van der Waals surface area contributed by atoms with Gasteiger partial charge in [0.2, 0.25) is 0 Å². The maximum Gasteiger partial charge on any atom is 0.124 e. The van der Waals surface area contributed by atoms with Crippen molar-refractivity contribution in [3.05, 3.63) is 59.7 Å². The minimum atomic E-state index is 0.0454. The van der Waals surface area contributed by atoms with Crippen LogP contribution in [0.4, 0.5) is 0 Å². The fraction of sp³-hybridized carbons (Fsp3) is 0.250. The topological polar surface area (TPSA) is 44.5 Å². The number of hydrogen-bond donors (Lipinski definition) is 1. The van der Waals surface area contributed by atoms with Crippen LogP contribution in [0, 0.1) is 0 Å². The summed E-state index contributed by atoms with van der Waals surface area (Å²) >= 11 is 0. The maximum atomic E-state index is 6.09. The van der Waals surface area contributed by atoms with Gasteiger partial charge >= 0.3 is 0 Å². The molecule has 0 unspecified atom stereocenters. The first-order valence-electron chi connectivity index (χ1n) is 6.52. The average molecular weight is 255 g/mol. The van der Waals surface area contributed by atoms with Crippen molar-refractivity contribution in [3.63, 3.8) is 0 Å². The molecule has 0 saturated carbocycles. The van der Waals surface area contributed by atoms with E-state index < -0.39 is 0 Å². The third kappa shape index (κ3) is 2.71. The second-order valence-electron chi connectivity index (χ2n) is 4.72. The first kappa shape index (κ1) is 12.1. The summed E-state index contributed by atoms with van der Waals surface area (Å²) in [5.41, 5.74) is 8.28. The molecule has 0 fully saturated rings. The summed E-state index contributed by atoms with van der Waals surface area (Å²) in [5, 5.41) is 0. The third-order valence-electron chi connectivity index (χ3n) is 3.32. The van der Waals surface area contributed by atoms with Gasteiger partial charge in [-0.15, -0.1) is 0 Å². The fourth-order valence-corrected chi connectivity index (χ4v) is 2.23. The summed E-state index contributed by atoms with van der Waals surface area (Å²) < 4.78 is 11.4.